The number of amides is 1. The number of ether oxygens (including phenoxy) is 4. The van der Waals surface area contributed by atoms with Gasteiger partial charge in [0.1, 0.15) is 34.6 Å². The van der Waals surface area contributed by atoms with E-state index in [0.717, 1.165) is 58.1 Å². The van der Waals surface area contributed by atoms with Gasteiger partial charge in [0.25, 0.3) is 5.69 Å². The van der Waals surface area contributed by atoms with Crippen molar-refractivity contribution >= 4 is 40.0 Å². The Labute approximate surface area is 414 Å². The standard InChI is InChI=1S/C56H63N3O10S/c1-6-32-65-56-51(58(36-39-17-13-16-37-14-7-8-18-45(37)39)54(62)67-42-22-20-40(21-23-42)59(63)64)35-49(57-69-55(2,3)4)47-33-38(15-9-11-30-60)46(19-10-12-31-61)52(53(47)56)48-34-43(26-29-50(48)68-56)66-41-24-27-44(70-5)28-25-41/h6-8,13-14,16-18,20-29,33-34,38,46,51-53,60-61H,1,9-12,15,19,30-32,35-36H2,2-5H3. The summed E-state index contributed by atoms with van der Waals surface area (Å²) in [6.45, 7) is 10.1. The van der Waals surface area contributed by atoms with Gasteiger partial charge in [0.15, 0.2) is 0 Å². The number of aliphatic hydroxyl groups excluding tert-OH is 2. The van der Waals surface area contributed by atoms with Crippen LogP contribution in [0.15, 0.2) is 144 Å². The fraction of sp³-hybridized carbons (Fsp3) is 0.393. The van der Waals surface area contributed by atoms with E-state index in [-0.39, 0.29) is 62.0 Å². The number of rotatable bonds is 20. The van der Waals surface area contributed by atoms with Crippen molar-refractivity contribution in [2.45, 2.75) is 101 Å². The maximum absolute atomic E-state index is 15.4. The molecule has 0 aromatic heterocycles. The van der Waals surface area contributed by atoms with Crippen LogP contribution in [0.4, 0.5) is 10.5 Å². The summed E-state index contributed by atoms with van der Waals surface area (Å²) >= 11 is 1.66. The molecule has 8 rings (SSSR count). The molecule has 5 aromatic rings. The highest BCUT2D eigenvalue weighted by atomic mass is 32.2. The second-order valence-electron chi connectivity index (χ2n) is 19.1. The van der Waals surface area contributed by atoms with Gasteiger partial charge in [-0.3, -0.25) is 15.0 Å². The number of allylic oxidation sites excluding steroid dienone is 1. The number of carbonyl (C=O) groups excluding carboxylic acids is 1. The number of hydrogen-bond donors (Lipinski definition) is 2. The number of nitrogens with zero attached hydrogens (tertiary/aromatic N) is 3. The number of aliphatic hydroxyl groups is 2. The van der Waals surface area contributed by atoms with Crippen molar-refractivity contribution in [3.8, 4) is 23.0 Å². The van der Waals surface area contributed by atoms with Gasteiger partial charge in [0.05, 0.1) is 29.7 Å². The highest BCUT2D eigenvalue weighted by molar-refractivity contribution is 7.98. The predicted octanol–water partition coefficient (Wildman–Crippen LogP) is 12.4. The van der Waals surface area contributed by atoms with Crippen LogP contribution in [0.5, 0.6) is 23.0 Å². The largest absolute Gasteiger partial charge is 0.459 e. The maximum atomic E-state index is 15.4. The van der Waals surface area contributed by atoms with Crippen LogP contribution in [-0.4, -0.2) is 75.3 Å². The van der Waals surface area contributed by atoms with Crippen molar-refractivity contribution in [2.24, 2.45) is 22.9 Å². The number of thioether (sulfide) groups is 1. The Morgan fingerprint density at radius 3 is 2.33 bits per heavy atom. The summed E-state index contributed by atoms with van der Waals surface area (Å²) in [6.07, 6.45) is 9.77. The van der Waals surface area contributed by atoms with Crippen LogP contribution in [-0.2, 0) is 16.1 Å². The summed E-state index contributed by atoms with van der Waals surface area (Å²) in [5.41, 5.74) is 2.47. The summed E-state index contributed by atoms with van der Waals surface area (Å²) < 4.78 is 27.5. The first-order chi connectivity index (χ1) is 33.9. The molecule has 1 saturated carbocycles. The number of carbonyl (C=O) groups is 1. The van der Waals surface area contributed by atoms with Crippen molar-refractivity contribution in [1.29, 1.82) is 0 Å². The van der Waals surface area contributed by atoms with Gasteiger partial charge in [-0.15, -0.1) is 18.3 Å². The zero-order valence-corrected chi connectivity index (χ0v) is 41.1. The molecule has 2 aliphatic carbocycles. The monoisotopic (exact) mass is 969 g/mol. The number of oxime groups is 1. The van der Waals surface area contributed by atoms with Gasteiger partial charge in [-0.2, -0.15) is 0 Å². The van der Waals surface area contributed by atoms with E-state index in [1.165, 1.54) is 24.3 Å². The minimum Gasteiger partial charge on any atom is -0.459 e. The highest BCUT2D eigenvalue weighted by Gasteiger charge is 2.66. The van der Waals surface area contributed by atoms with Crippen molar-refractivity contribution in [2.75, 3.05) is 26.1 Å². The number of hydrogen-bond acceptors (Lipinski definition) is 12. The van der Waals surface area contributed by atoms with Crippen LogP contribution in [0.25, 0.3) is 10.8 Å². The van der Waals surface area contributed by atoms with Gasteiger partial charge in [0.2, 0.25) is 5.79 Å². The Morgan fingerprint density at radius 2 is 1.63 bits per heavy atom. The molecular weight excluding hydrogens is 907 g/mol. The molecule has 70 heavy (non-hydrogen) atoms. The molecule has 6 atom stereocenters. The average Bonchev–Trinajstić information content (AvgIpc) is 3.35. The second kappa shape index (κ2) is 22.3. The van der Waals surface area contributed by atoms with Crippen LogP contribution in [0.3, 0.4) is 0 Å². The quantitative estimate of drug-likeness (QED) is 0.0251. The molecule has 1 amide bonds. The minimum atomic E-state index is -1.58. The van der Waals surface area contributed by atoms with E-state index in [1.807, 2.05) is 106 Å². The fourth-order valence-corrected chi connectivity index (χ4v) is 10.8. The smallest absolute Gasteiger partial charge is 0.416 e. The molecule has 0 saturated heterocycles. The number of nitro benzene ring substituents is 1. The molecule has 368 valence electrons. The second-order valence-corrected chi connectivity index (χ2v) is 20.0. The molecule has 0 spiro atoms. The highest BCUT2D eigenvalue weighted by Crippen LogP contribution is 2.62. The van der Waals surface area contributed by atoms with Gasteiger partial charge in [-0.25, -0.2) is 4.79 Å². The van der Waals surface area contributed by atoms with Gasteiger partial charge >= 0.3 is 6.09 Å². The van der Waals surface area contributed by atoms with E-state index < -0.39 is 34.4 Å². The molecule has 3 aliphatic rings. The molecule has 14 heteroatoms. The third-order valence-electron chi connectivity index (χ3n) is 13.5. The molecule has 0 radical (unpaired) electrons. The molecule has 5 aromatic carbocycles. The lowest BCUT2D eigenvalue weighted by Crippen LogP contribution is -2.70. The summed E-state index contributed by atoms with van der Waals surface area (Å²) in [6, 6.07) is 32.3. The number of non-ortho nitro benzene ring substituents is 1. The normalized spacial score (nSPS) is 22.0. The Morgan fingerprint density at radius 1 is 0.929 bits per heavy atom. The topological polar surface area (TPSA) is 162 Å². The number of unbranched alkanes of at least 4 members (excludes halogenated alkanes) is 2. The molecule has 1 heterocycles. The van der Waals surface area contributed by atoms with Crippen LogP contribution >= 0.6 is 11.8 Å². The van der Waals surface area contributed by atoms with Crippen LogP contribution in [0, 0.1) is 27.9 Å². The molecule has 0 bridgehead atoms. The van der Waals surface area contributed by atoms with Gasteiger partial charge in [-0.1, -0.05) is 72.6 Å². The molecule has 6 unspecified atom stereocenters. The summed E-state index contributed by atoms with van der Waals surface area (Å²) in [5.74, 6) is -0.476. The van der Waals surface area contributed by atoms with E-state index in [4.69, 9.17) is 28.9 Å². The Hall–Kier alpha value is -6.19. The zero-order chi connectivity index (χ0) is 49.4. The van der Waals surface area contributed by atoms with Crippen molar-refractivity contribution in [1.82, 2.24) is 4.90 Å². The lowest BCUT2D eigenvalue weighted by Gasteiger charge is -2.60. The third-order valence-corrected chi connectivity index (χ3v) is 14.2. The molecular formula is C56H63N3O10S. The molecule has 1 aliphatic heterocycles. The molecule has 13 nitrogen and oxygen atoms in total. The summed E-state index contributed by atoms with van der Waals surface area (Å²) in [4.78, 5) is 35.6. The Balaban J connectivity index is 1.36. The van der Waals surface area contributed by atoms with Crippen molar-refractivity contribution < 1.29 is 43.7 Å². The minimum absolute atomic E-state index is 0.0171. The average molecular weight is 970 g/mol. The van der Waals surface area contributed by atoms with Crippen molar-refractivity contribution in [3.63, 3.8) is 0 Å². The van der Waals surface area contributed by atoms with Gasteiger partial charge in [0, 0.05) is 48.1 Å². The van der Waals surface area contributed by atoms with E-state index in [0.29, 0.717) is 35.8 Å². The van der Waals surface area contributed by atoms with Crippen molar-refractivity contribution in [3.05, 3.63) is 155 Å². The SMILES string of the molecule is C=CCOC12Oc3ccc(Oc4ccc(SC)cc4)cc3C3C(CCCCO)C(CCCCO)C=C(C(=NOC(C)(C)C)CC1N(Cc1cccc4ccccc14)C(=O)Oc1ccc([N+](=O)[O-])cc1)C32. The van der Waals surface area contributed by atoms with Crippen LogP contribution in [0.2, 0.25) is 0 Å². The number of fused-ring (bicyclic) bond motifs is 3. The van der Waals surface area contributed by atoms with E-state index in [1.54, 1.807) is 22.7 Å². The Kier molecular flexibility index (Phi) is 16.0. The first-order valence-corrected chi connectivity index (χ1v) is 25.4. The predicted molar refractivity (Wildman–Crippen MR) is 273 cm³/mol. The molecule has 1 fully saturated rings. The fourth-order valence-electron chi connectivity index (χ4n) is 10.4. The summed E-state index contributed by atoms with van der Waals surface area (Å²) in [5, 5.41) is 38.7. The summed E-state index contributed by atoms with van der Waals surface area (Å²) in [7, 11) is 0. The van der Waals surface area contributed by atoms with E-state index in [9.17, 15) is 20.3 Å². The van der Waals surface area contributed by atoms with Gasteiger partial charge < -0.3 is 34.0 Å². The van der Waals surface area contributed by atoms with Crippen LogP contribution < -0.4 is 14.2 Å². The third kappa shape index (κ3) is 11.1. The maximum Gasteiger partial charge on any atom is 0.416 e. The molecule has 2 N–H and O–H groups in total. The van der Waals surface area contributed by atoms with Crippen LogP contribution in [0.1, 0.15) is 82.8 Å². The zero-order valence-electron chi connectivity index (χ0n) is 40.3. The number of benzene rings is 5. The lowest BCUT2D eigenvalue weighted by molar-refractivity contribution is -0.384. The van der Waals surface area contributed by atoms with E-state index in [2.05, 4.69) is 18.7 Å². The van der Waals surface area contributed by atoms with Gasteiger partial charge in [-0.05, 0) is 141 Å². The Bertz CT molecular complexity index is 2700. The lowest BCUT2D eigenvalue weighted by atomic mass is 9.55. The number of nitro groups is 1. The first kappa shape index (κ1) is 50.2. The van der Waals surface area contributed by atoms with E-state index >= 15 is 4.79 Å². The first-order valence-electron chi connectivity index (χ1n) is 24.1.